The molecule has 4 bridgehead atoms. The van der Waals surface area contributed by atoms with Gasteiger partial charge >= 0.3 is 0 Å². The maximum atomic E-state index is 11.0. The third-order valence-electron chi connectivity index (χ3n) is 6.14. The molecule has 0 radical (unpaired) electrons. The summed E-state index contributed by atoms with van der Waals surface area (Å²) in [4.78, 5) is 0. The minimum absolute atomic E-state index is 0.105. The highest BCUT2D eigenvalue weighted by atomic mass is 32.2. The van der Waals surface area contributed by atoms with E-state index in [9.17, 15) is 8.42 Å². The van der Waals surface area contributed by atoms with Crippen molar-refractivity contribution in [3.05, 3.63) is 0 Å². The lowest BCUT2D eigenvalue weighted by atomic mass is 9.39. The second-order valence-corrected chi connectivity index (χ2v) is 10.2. The molecule has 4 fully saturated rings. The van der Waals surface area contributed by atoms with Gasteiger partial charge in [0.2, 0.25) is 0 Å². The van der Waals surface area contributed by atoms with E-state index in [-0.39, 0.29) is 17.2 Å². The van der Waals surface area contributed by atoms with Gasteiger partial charge in [-0.3, -0.25) is 4.55 Å². The maximum absolute atomic E-state index is 11.0. The molecule has 0 aliphatic heterocycles. The zero-order valence-electron chi connectivity index (χ0n) is 12.6. The Bertz CT molecular complexity index is 497. The van der Waals surface area contributed by atoms with Crippen LogP contribution in [0.15, 0.2) is 0 Å². The number of hydrogen-bond acceptors (Lipinski definition) is 3. The lowest BCUT2D eigenvalue weighted by Crippen LogP contribution is -2.60. The summed E-state index contributed by atoms with van der Waals surface area (Å²) in [6.07, 6.45) is 7.74. The minimum atomic E-state index is -3.90. The van der Waals surface area contributed by atoms with Gasteiger partial charge in [-0.1, -0.05) is 13.8 Å². The van der Waals surface area contributed by atoms with Crippen LogP contribution in [0.1, 0.15) is 58.8 Å². The monoisotopic (exact) mass is 301 g/mol. The molecule has 20 heavy (non-hydrogen) atoms. The molecule has 3 atom stereocenters. The Balaban J connectivity index is 1.81. The largest absolute Gasteiger partial charge is 0.327 e. The summed E-state index contributed by atoms with van der Waals surface area (Å²) in [5.41, 5.74) is 7.31. The molecule has 0 saturated heterocycles. The quantitative estimate of drug-likeness (QED) is 0.782. The van der Waals surface area contributed by atoms with Crippen molar-refractivity contribution in [1.82, 2.24) is 0 Å². The van der Waals surface area contributed by atoms with Gasteiger partial charge in [-0.2, -0.15) is 8.42 Å². The van der Waals surface area contributed by atoms with E-state index in [0.717, 1.165) is 25.2 Å². The van der Waals surface area contributed by atoms with E-state index in [1.165, 1.54) is 19.3 Å². The van der Waals surface area contributed by atoms with Gasteiger partial charge in [0.1, 0.15) is 0 Å². The Kier molecular flexibility index (Phi) is 3.11. The van der Waals surface area contributed by atoms with E-state index in [4.69, 9.17) is 10.3 Å². The topological polar surface area (TPSA) is 80.4 Å². The Hall–Kier alpha value is -0.130. The predicted octanol–water partition coefficient (Wildman–Crippen LogP) is 2.59. The van der Waals surface area contributed by atoms with Crippen molar-refractivity contribution < 1.29 is 13.0 Å². The van der Waals surface area contributed by atoms with Crippen molar-refractivity contribution in [2.45, 2.75) is 64.8 Å². The van der Waals surface area contributed by atoms with E-state index in [1.807, 2.05) is 0 Å². The summed E-state index contributed by atoms with van der Waals surface area (Å²) in [5, 5.41) is 0. The van der Waals surface area contributed by atoms with E-state index < -0.39 is 10.1 Å². The van der Waals surface area contributed by atoms with E-state index in [0.29, 0.717) is 17.3 Å². The highest BCUT2D eigenvalue weighted by Crippen LogP contribution is 2.70. The van der Waals surface area contributed by atoms with Gasteiger partial charge in [0.05, 0.1) is 5.75 Å². The van der Waals surface area contributed by atoms with Crippen molar-refractivity contribution in [3.63, 3.8) is 0 Å². The van der Waals surface area contributed by atoms with Gasteiger partial charge in [0, 0.05) is 6.04 Å². The molecule has 4 aliphatic rings. The smallest absolute Gasteiger partial charge is 0.264 e. The van der Waals surface area contributed by atoms with Crippen molar-refractivity contribution in [1.29, 1.82) is 0 Å². The lowest BCUT2D eigenvalue weighted by molar-refractivity contribution is -0.153. The summed E-state index contributed by atoms with van der Waals surface area (Å²) in [5.74, 6) is 0.562. The molecule has 116 valence electrons. The molecule has 0 aromatic rings. The molecular formula is C15H27NO3S. The molecule has 4 aliphatic carbocycles. The lowest BCUT2D eigenvalue weighted by Gasteiger charge is -2.67. The Labute approximate surface area is 122 Å². The van der Waals surface area contributed by atoms with E-state index in [1.54, 1.807) is 0 Å². The fourth-order valence-electron chi connectivity index (χ4n) is 6.53. The van der Waals surface area contributed by atoms with Crippen LogP contribution in [0.5, 0.6) is 0 Å². The third-order valence-corrected chi connectivity index (χ3v) is 6.89. The molecule has 0 amide bonds. The van der Waals surface area contributed by atoms with Crippen LogP contribution >= 0.6 is 0 Å². The van der Waals surface area contributed by atoms with E-state index in [2.05, 4.69) is 13.8 Å². The number of rotatable bonds is 4. The van der Waals surface area contributed by atoms with Crippen molar-refractivity contribution in [2.75, 3.05) is 5.75 Å². The van der Waals surface area contributed by atoms with Crippen LogP contribution in [0.3, 0.4) is 0 Å². The summed E-state index contributed by atoms with van der Waals surface area (Å²) >= 11 is 0. The zero-order chi connectivity index (χ0) is 14.8. The third kappa shape index (κ3) is 2.53. The van der Waals surface area contributed by atoms with Gasteiger partial charge in [-0.05, 0) is 67.1 Å². The SMILES string of the molecule is CC12CC3CC(C)(C1)CC(C(N)CCS(=O)(=O)O)(C3)C2. The summed E-state index contributed by atoms with van der Waals surface area (Å²) in [6.45, 7) is 4.78. The van der Waals surface area contributed by atoms with Crippen LogP contribution in [0.4, 0.5) is 0 Å². The summed E-state index contributed by atoms with van der Waals surface area (Å²) in [6, 6.07) is -0.105. The average molecular weight is 301 g/mol. The Morgan fingerprint density at radius 3 is 2.15 bits per heavy atom. The molecule has 4 saturated carbocycles. The first-order valence-corrected chi connectivity index (χ1v) is 9.35. The fourth-order valence-corrected chi connectivity index (χ4v) is 7.08. The Morgan fingerprint density at radius 2 is 1.70 bits per heavy atom. The zero-order valence-corrected chi connectivity index (χ0v) is 13.4. The molecular weight excluding hydrogens is 274 g/mol. The molecule has 0 aromatic heterocycles. The maximum Gasteiger partial charge on any atom is 0.264 e. The van der Waals surface area contributed by atoms with Crippen LogP contribution in [0, 0.1) is 22.2 Å². The van der Waals surface area contributed by atoms with Crippen LogP contribution in [-0.4, -0.2) is 24.8 Å². The predicted molar refractivity (Wildman–Crippen MR) is 78.8 cm³/mol. The van der Waals surface area contributed by atoms with Crippen LogP contribution in [0.25, 0.3) is 0 Å². The van der Waals surface area contributed by atoms with Gasteiger partial charge in [-0.25, -0.2) is 0 Å². The molecule has 3 unspecified atom stereocenters. The first kappa shape index (κ1) is 14.8. The average Bonchev–Trinajstić information content (AvgIpc) is 2.19. The molecule has 0 heterocycles. The standard InChI is InChI=1S/C15H27NO3S/c1-13-5-11-6-14(2,8-13)10-15(7-11,9-13)12(16)3-4-20(17,18)19/h11-12H,3-10,16H2,1-2H3,(H,17,18,19). The second-order valence-electron chi connectivity index (χ2n) is 8.67. The van der Waals surface area contributed by atoms with Gasteiger partial charge in [0.15, 0.2) is 0 Å². The normalized spacial score (nSPS) is 48.5. The molecule has 4 rings (SSSR count). The molecule has 3 N–H and O–H groups in total. The fraction of sp³-hybridized carbons (Fsp3) is 1.00. The minimum Gasteiger partial charge on any atom is -0.327 e. The van der Waals surface area contributed by atoms with Crippen LogP contribution in [0.2, 0.25) is 0 Å². The van der Waals surface area contributed by atoms with E-state index >= 15 is 0 Å². The van der Waals surface area contributed by atoms with Gasteiger partial charge in [0.25, 0.3) is 10.1 Å². The molecule has 0 aromatic carbocycles. The second kappa shape index (κ2) is 4.20. The van der Waals surface area contributed by atoms with Gasteiger partial charge in [-0.15, -0.1) is 0 Å². The molecule has 5 heteroatoms. The summed E-state index contributed by atoms with van der Waals surface area (Å²) < 4.78 is 30.9. The van der Waals surface area contributed by atoms with Crippen molar-refractivity contribution in [3.8, 4) is 0 Å². The van der Waals surface area contributed by atoms with Crippen molar-refractivity contribution in [2.24, 2.45) is 27.9 Å². The summed E-state index contributed by atoms with van der Waals surface area (Å²) in [7, 11) is -3.90. The van der Waals surface area contributed by atoms with Gasteiger partial charge < -0.3 is 5.73 Å². The highest BCUT2D eigenvalue weighted by Gasteiger charge is 2.61. The first-order chi connectivity index (χ1) is 9.03. The Morgan fingerprint density at radius 1 is 1.15 bits per heavy atom. The van der Waals surface area contributed by atoms with Crippen molar-refractivity contribution >= 4 is 10.1 Å². The molecule has 4 nitrogen and oxygen atoms in total. The number of hydrogen-bond donors (Lipinski definition) is 2. The number of nitrogens with two attached hydrogens (primary N) is 1. The van der Waals surface area contributed by atoms with Crippen LogP contribution < -0.4 is 5.73 Å². The molecule has 0 spiro atoms. The first-order valence-electron chi connectivity index (χ1n) is 7.74. The highest BCUT2D eigenvalue weighted by molar-refractivity contribution is 7.85. The van der Waals surface area contributed by atoms with Crippen LogP contribution in [-0.2, 0) is 10.1 Å².